The van der Waals surface area contributed by atoms with Gasteiger partial charge >= 0.3 is 5.97 Å². The summed E-state index contributed by atoms with van der Waals surface area (Å²) in [7, 11) is 0. The molecule has 0 saturated carbocycles. The quantitative estimate of drug-likeness (QED) is 0.238. The lowest BCUT2D eigenvalue weighted by Gasteiger charge is -2.15. The molecule has 0 radical (unpaired) electrons. The van der Waals surface area contributed by atoms with E-state index in [1.165, 1.54) is 0 Å². The number of aromatic nitrogens is 1. The second-order valence-electron chi connectivity index (χ2n) is 9.15. The van der Waals surface area contributed by atoms with E-state index in [1.54, 1.807) is 23.6 Å². The van der Waals surface area contributed by atoms with Crippen LogP contribution in [0.25, 0.3) is 16.1 Å². The molecule has 0 unspecified atom stereocenters. The molecule has 3 rings (SSSR count). The highest BCUT2D eigenvalue weighted by molar-refractivity contribution is 7.13. The van der Waals surface area contributed by atoms with E-state index >= 15 is 0 Å². The number of allylic oxidation sites excluding steroid dienone is 1. The van der Waals surface area contributed by atoms with Crippen molar-refractivity contribution in [2.75, 3.05) is 5.32 Å². The number of carboxylic acids is 1. The number of rotatable bonds is 9. The molecule has 2 heterocycles. The van der Waals surface area contributed by atoms with Crippen molar-refractivity contribution in [2.24, 2.45) is 10.9 Å². The Labute approximate surface area is 211 Å². The molecule has 1 aromatic carbocycles. The minimum absolute atomic E-state index is 0.0685. The van der Waals surface area contributed by atoms with Gasteiger partial charge in [0.1, 0.15) is 23.0 Å². The predicted molar refractivity (Wildman–Crippen MR) is 145 cm³/mol. The highest BCUT2D eigenvalue weighted by Gasteiger charge is 2.16. The zero-order chi connectivity index (χ0) is 25.5. The highest BCUT2D eigenvalue weighted by atomic mass is 32.1. The average Bonchev–Trinajstić information content (AvgIpc) is 3.32. The van der Waals surface area contributed by atoms with Gasteiger partial charge in [-0.2, -0.15) is 0 Å². The first kappa shape index (κ1) is 26.2. The molecule has 0 aliphatic rings. The lowest BCUT2D eigenvalue weighted by atomic mass is 9.99. The zero-order valence-electron chi connectivity index (χ0n) is 21.1. The Morgan fingerprint density at radius 2 is 1.91 bits per heavy atom. The summed E-state index contributed by atoms with van der Waals surface area (Å²) in [6, 6.07) is 13.4. The van der Waals surface area contributed by atoms with Gasteiger partial charge in [0.25, 0.3) is 0 Å². The number of hydrogen-bond acceptors (Lipinski definition) is 5. The second-order valence-corrected chi connectivity index (χ2v) is 10.1. The largest absolute Gasteiger partial charge is 0.491 e. The van der Waals surface area contributed by atoms with Gasteiger partial charge in [-0.1, -0.05) is 32.0 Å². The molecule has 0 spiro atoms. The molecule has 7 heteroatoms. The molecule has 0 amide bonds. The van der Waals surface area contributed by atoms with Crippen molar-refractivity contribution >= 4 is 34.7 Å². The van der Waals surface area contributed by atoms with Crippen LogP contribution < -0.4 is 10.1 Å². The normalized spacial score (nSPS) is 12.6. The number of hydrogen-bond donors (Lipinski definition) is 2. The van der Waals surface area contributed by atoms with Crippen LogP contribution in [0.5, 0.6) is 5.75 Å². The standard InChI is InChI=1S/C28H33N3O3S/c1-17(2)13-19(5)26(21-9-7-10-23(14-21)34-18(3)4)30-20(6)31-27-24(28(32)33)15-22(16-29-27)25-11-8-12-35-25/h7-12,14-18H,13H2,1-6H3,(H,32,33)(H,29,30,31)/b26-19+. The third-order valence-electron chi connectivity index (χ3n) is 5.10. The number of anilines is 1. The SMILES string of the molecule is C/C(=N\C(=C(/C)CC(C)C)c1cccc(OC(C)C)c1)Nc1ncc(-c2cccs2)cc1C(=O)O. The van der Waals surface area contributed by atoms with Gasteiger partial charge in [-0.25, -0.2) is 14.8 Å². The average molecular weight is 492 g/mol. The summed E-state index contributed by atoms with van der Waals surface area (Å²) in [6.07, 6.45) is 2.63. The fourth-order valence-electron chi connectivity index (χ4n) is 3.78. The van der Waals surface area contributed by atoms with Crippen molar-refractivity contribution in [3.8, 4) is 16.2 Å². The van der Waals surface area contributed by atoms with E-state index in [4.69, 9.17) is 9.73 Å². The van der Waals surface area contributed by atoms with Gasteiger partial charge in [0, 0.05) is 22.2 Å². The fraction of sp³-hybridized carbons (Fsp3) is 0.321. The third-order valence-corrected chi connectivity index (χ3v) is 6.02. The molecule has 2 aromatic heterocycles. The van der Waals surface area contributed by atoms with Gasteiger partial charge in [-0.15, -0.1) is 11.3 Å². The maximum atomic E-state index is 12.0. The van der Waals surface area contributed by atoms with Gasteiger partial charge in [-0.05, 0) is 75.3 Å². The highest BCUT2D eigenvalue weighted by Crippen LogP contribution is 2.29. The van der Waals surface area contributed by atoms with Crippen LogP contribution in [0.1, 0.15) is 63.9 Å². The molecule has 6 nitrogen and oxygen atoms in total. The number of nitrogens with zero attached hydrogens (tertiary/aromatic N) is 2. The van der Waals surface area contributed by atoms with Crippen LogP contribution in [0.2, 0.25) is 0 Å². The topological polar surface area (TPSA) is 83.8 Å². The van der Waals surface area contributed by atoms with Crippen molar-refractivity contribution in [1.29, 1.82) is 0 Å². The molecule has 35 heavy (non-hydrogen) atoms. The van der Waals surface area contributed by atoms with E-state index in [0.29, 0.717) is 11.8 Å². The number of benzene rings is 1. The van der Waals surface area contributed by atoms with Gasteiger partial charge < -0.3 is 15.2 Å². The van der Waals surface area contributed by atoms with Gasteiger partial charge in [0.05, 0.1) is 11.8 Å². The summed E-state index contributed by atoms with van der Waals surface area (Å²) in [5.41, 5.74) is 3.80. The van der Waals surface area contributed by atoms with Crippen LogP contribution >= 0.6 is 11.3 Å². The van der Waals surface area contributed by atoms with E-state index in [2.05, 4.69) is 31.1 Å². The first-order valence-electron chi connectivity index (χ1n) is 11.7. The van der Waals surface area contributed by atoms with Crippen molar-refractivity contribution in [3.63, 3.8) is 0 Å². The molecule has 0 saturated heterocycles. The van der Waals surface area contributed by atoms with Gasteiger partial charge in [0.15, 0.2) is 0 Å². The van der Waals surface area contributed by atoms with E-state index in [-0.39, 0.29) is 17.5 Å². The van der Waals surface area contributed by atoms with Crippen molar-refractivity contribution < 1.29 is 14.6 Å². The number of amidine groups is 1. The summed E-state index contributed by atoms with van der Waals surface area (Å²) in [4.78, 5) is 22.3. The zero-order valence-corrected chi connectivity index (χ0v) is 21.9. The Morgan fingerprint density at radius 1 is 1.14 bits per heavy atom. The maximum Gasteiger partial charge on any atom is 0.339 e. The molecule has 0 atom stereocenters. The van der Waals surface area contributed by atoms with Gasteiger partial charge in [0.2, 0.25) is 0 Å². The monoisotopic (exact) mass is 491 g/mol. The Balaban J connectivity index is 1.98. The van der Waals surface area contributed by atoms with E-state index < -0.39 is 5.97 Å². The molecule has 0 fully saturated rings. The molecular weight excluding hydrogens is 458 g/mol. The van der Waals surface area contributed by atoms with E-state index in [0.717, 1.165) is 39.4 Å². The number of carboxylic acid groups (broad SMARTS) is 1. The third kappa shape index (κ3) is 7.26. The molecule has 2 N–H and O–H groups in total. The molecular formula is C28H33N3O3S. The molecule has 0 bridgehead atoms. The number of ether oxygens (including phenoxy) is 1. The summed E-state index contributed by atoms with van der Waals surface area (Å²) in [5.74, 6) is 1.02. The lowest BCUT2D eigenvalue weighted by molar-refractivity contribution is 0.0697. The summed E-state index contributed by atoms with van der Waals surface area (Å²) >= 11 is 1.54. The van der Waals surface area contributed by atoms with Crippen LogP contribution in [0.4, 0.5) is 5.82 Å². The summed E-state index contributed by atoms with van der Waals surface area (Å²) < 4.78 is 5.89. The van der Waals surface area contributed by atoms with E-state index in [1.807, 2.05) is 62.5 Å². The summed E-state index contributed by atoms with van der Waals surface area (Å²) in [6.45, 7) is 12.2. The first-order valence-corrected chi connectivity index (χ1v) is 12.6. The maximum absolute atomic E-state index is 12.0. The smallest absolute Gasteiger partial charge is 0.339 e. The van der Waals surface area contributed by atoms with Gasteiger partial charge in [-0.3, -0.25) is 0 Å². The number of aromatic carboxylic acids is 1. The van der Waals surface area contributed by atoms with Crippen molar-refractivity contribution in [2.45, 2.75) is 54.1 Å². The number of carbonyl (C=O) groups is 1. The van der Waals surface area contributed by atoms with Crippen LogP contribution in [-0.4, -0.2) is 28.0 Å². The van der Waals surface area contributed by atoms with Crippen LogP contribution in [0.15, 0.2) is 64.6 Å². The van der Waals surface area contributed by atoms with Crippen molar-refractivity contribution in [1.82, 2.24) is 4.98 Å². The molecule has 0 aliphatic carbocycles. The minimum Gasteiger partial charge on any atom is -0.491 e. The molecule has 0 aliphatic heterocycles. The fourth-order valence-corrected chi connectivity index (χ4v) is 4.48. The Kier molecular flexibility index (Phi) is 8.82. The Bertz CT molecular complexity index is 1230. The first-order chi connectivity index (χ1) is 16.6. The van der Waals surface area contributed by atoms with Crippen LogP contribution in [-0.2, 0) is 0 Å². The Hall–Kier alpha value is -3.45. The summed E-state index contributed by atoms with van der Waals surface area (Å²) in [5, 5.41) is 14.9. The van der Waals surface area contributed by atoms with Crippen LogP contribution in [0.3, 0.4) is 0 Å². The molecule has 184 valence electrons. The van der Waals surface area contributed by atoms with Crippen molar-refractivity contribution in [3.05, 3.63) is 70.7 Å². The lowest BCUT2D eigenvalue weighted by Crippen LogP contribution is -2.14. The Morgan fingerprint density at radius 3 is 2.54 bits per heavy atom. The van der Waals surface area contributed by atoms with Crippen LogP contribution in [0, 0.1) is 5.92 Å². The number of pyridine rings is 1. The predicted octanol–water partition coefficient (Wildman–Crippen LogP) is 7.60. The second kappa shape index (κ2) is 11.8. The molecule has 3 aromatic rings. The number of thiophene rings is 1. The number of aliphatic imine (C=N–C) groups is 1. The van der Waals surface area contributed by atoms with E-state index in [9.17, 15) is 9.90 Å². The number of nitrogens with one attached hydrogen (secondary N) is 1. The minimum atomic E-state index is -1.04.